The fourth-order valence-electron chi connectivity index (χ4n) is 3.79. The van der Waals surface area contributed by atoms with E-state index in [1.54, 1.807) is 0 Å². The van der Waals surface area contributed by atoms with Gasteiger partial charge < -0.3 is 4.74 Å². The average molecular weight is 386 g/mol. The Labute approximate surface area is 148 Å². The monoisotopic (exact) mass is 385 g/mol. The van der Waals surface area contributed by atoms with Gasteiger partial charge in [0.15, 0.2) is 0 Å². The third kappa shape index (κ3) is 2.35. The second-order valence-corrected chi connectivity index (χ2v) is 7.18. The molecule has 0 bridgehead atoms. The molecule has 0 radical (unpaired) electrons. The second-order valence-electron chi connectivity index (χ2n) is 6.26. The first kappa shape index (κ1) is 15.4. The minimum Gasteiger partial charge on any atom is -0.447 e. The van der Waals surface area contributed by atoms with Crippen molar-refractivity contribution in [2.45, 2.75) is 25.3 Å². The zero-order valence-corrected chi connectivity index (χ0v) is 14.7. The van der Waals surface area contributed by atoms with Crippen LogP contribution in [0.25, 0.3) is 0 Å². The summed E-state index contributed by atoms with van der Waals surface area (Å²) < 4.78 is 6.19. The molecule has 0 N–H and O–H groups in total. The number of halogens is 1. The highest BCUT2D eigenvalue weighted by Gasteiger charge is 2.46. The highest BCUT2D eigenvalue weighted by molar-refractivity contribution is 9.10. The van der Waals surface area contributed by atoms with E-state index in [0.717, 1.165) is 26.7 Å². The first-order valence-electron chi connectivity index (χ1n) is 7.89. The van der Waals surface area contributed by atoms with E-state index in [1.165, 1.54) is 4.90 Å². The molecule has 1 unspecified atom stereocenters. The molecule has 1 saturated heterocycles. The standard InChI is InChI=1S/C19H16BrNO3/c1-11-7-13(20)8-15-14(11)9-17(22)21-16(10-24-19(21)23)18(15)12-5-3-2-4-6-12/h2-8,16,18H,9-10H2,1H3/t16-,18?/m1/s1. The maximum absolute atomic E-state index is 12.7. The van der Waals surface area contributed by atoms with Gasteiger partial charge in [0, 0.05) is 10.4 Å². The van der Waals surface area contributed by atoms with E-state index in [2.05, 4.69) is 22.0 Å². The first-order valence-corrected chi connectivity index (χ1v) is 8.68. The lowest BCUT2D eigenvalue weighted by Crippen LogP contribution is -2.41. The van der Waals surface area contributed by atoms with Gasteiger partial charge in [-0.25, -0.2) is 9.69 Å². The van der Waals surface area contributed by atoms with Gasteiger partial charge in [0.1, 0.15) is 6.61 Å². The Kier molecular flexibility index (Phi) is 3.68. The van der Waals surface area contributed by atoms with Gasteiger partial charge in [-0.15, -0.1) is 0 Å². The minimum atomic E-state index is -0.532. The first-order chi connectivity index (χ1) is 11.6. The van der Waals surface area contributed by atoms with Crippen molar-refractivity contribution in [1.82, 2.24) is 4.90 Å². The highest BCUT2D eigenvalue weighted by atomic mass is 79.9. The molecule has 2 atom stereocenters. The van der Waals surface area contributed by atoms with Crippen molar-refractivity contribution in [3.8, 4) is 0 Å². The molecule has 5 heteroatoms. The number of rotatable bonds is 1. The van der Waals surface area contributed by atoms with Gasteiger partial charge in [0.25, 0.3) is 0 Å². The molecule has 0 saturated carbocycles. The van der Waals surface area contributed by atoms with Crippen LogP contribution in [0.2, 0.25) is 0 Å². The van der Waals surface area contributed by atoms with Gasteiger partial charge >= 0.3 is 6.09 Å². The van der Waals surface area contributed by atoms with E-state index in [1.807, 2.05) is 43.3 Å². The van der Waals surface area contributed by atoms with Gasteiger partial charge in [-0.2, -0.15) is 0 Å². The van der Waals surface area contributed by atoms with Crippen LogP contribution in [0, 0.1) is 6.92 Å². The molecule has 24 heavy (non-hydrogen) atoms. The number of fused-ring (bicyclic) bond motifs is 2. The van der Waals surface area contributed by atoms with Crippen LogP contribution in [-0.4, -0.2) is 29.5 Å². The zero-order valence-electron chi connectivity index (χ0n) is 13.2. The largest absolute Gasteiger partial charge is 0.447 e. The molecule has 0 aliphatic carbocycles. The van der Waals surface area contributed by atoms with E-state index in [9.17, 15) is 9.59 Å². The summed E-state index contributed by atoms with van der Waals surface area (Å²) in [4.78, 5) is 26.1. The summed E-state index contributed by atoms with van der Waals surface area (Å²) in [5.41, 5.74) is 4.24. The molecule has 4 rings (SSSR count). The van der Waals surface area contributed by atoms with Crippen LogP contribution < -0.4 is 0 Å². The summed E-state index contributed by atoms with van der Waals surface area (Å²) in [5.74, 6) is -0.275. The van der Waals surface area contributed by atoms with Crippen molar-refractivity contribution in [3.05, 3.63) is 69.2 Å². The van der Waals surface area contributed by atoms with Crippen LogP contribution in [0.3, 0.4) is 0 Å². The molecule has 0 spiro atoms. The Morgan fingerprint density at radius 3 is 2.67 bits per heavy atom. The van der Waals surface area contributed by atoms with Crippen molar-refractivity contribution < 1.29 is 14.3 Å². The third-order valence-corrected chi connectivity index (χ3v) is 5.31. The van der Waals surface area contributed by atoms with Crippen LogP contribution in [-0.2, 0) is 16.0 Å². The van der Waals surface area contributed by atoms with Crippen LogP contribution in [0.15, 0.2) is 46.9 Å². The average Bonchev–Trinajstić information content (AvgIpc) is 2.87. The topological polar surface area (TPSA) is 46.6 Å². The number of carbonyl (C=O) groups excluding carboxylic acids is 2. The molecule has 122 valence electrons. The number of nitrogens with zero attached hydrogens (tertiary/aromatic N) is 1. The SMILES string of the molecule is Cc1cc(Br)cc2c1CC(=O)N1C(=O)OC[C@@H]1C2c1ccccc1. The lowest BCUT2D eigenvalue weighted by molar-refractivity contribution is -0.128. The van der Waals surface area contributed by atoms with Gasteiger partial charge in [-0.3, -0.25) is 4.79 Å². The van der Waals surface area contributed by atoms with E-state index < -0.39 is 6.09 Å². The number of hydrogen-bond donors (Lipinski definition) is 0. The van der Waals surface area contributed by atoms with Crippen molar-refractivity contribution in [1.29, 1.82) is 0 Å². The second kappa shape index (κ2) is 5.74. The van der Waals surface area contributed by atoms with E-state index in [4.69, 9.17) is 4.74 Å². The Hall–Kier alpha value is -2.14. The lowest BCUT2D eigenvalue weighted by Gasteiger charge is -2.26. The minimum absolute atomic E-state index is 0.0877. The van der Waals surface area contributed by atoms with Crippen molar-refractivity contribution in [3.63, 3.8) is 0 Å². The molecule has 4 nitrogen and oxygen atoms in total. The van der Waals surface area contributed by atoms with Crippen molar-refractivity contribution in [2.24, 2.45) is 0 Å². The summed E-state index contributed by atoms with van der Waals surface area (Å²) in [7, 11) is 0. The quantitative estimate of drug-likeness (QED) is 0.749. The van der Waals surface area contributed by atoms with E-state index in [-0.39, 0.29) is 30.9 Å². The van der Waals surface area contributed by atoms with Gasteiger partial charge in [-0.05, 0) is 41.3 Å². The zero-order chi connectivity index (χ0) is 16.8. The van der Waals surface area contributed by atoms with E-state index in [0.29, 0.717) is 0 Å². The third-order valence-electron chi connectivity index (χ3n) is 4.85. The predicted molar refractivity (Wildman–Crippen MR) is 92.9 cm³/mol. The number of imide groups is 1. The van der Waals surface area contributed by atoms with Gasteiger partial charge in [-0.1, -0.05) is 46.3 Å². The molecule has 2 aromatic rings. The number of aryl methyl sites for hydroxylation is 1. The van der Waals surface area contributed by atoms with E-state index >= 15 is 0 Å². The molecular formula is C19H16BrNO3. The summed E-state index contributed by atoms with van der Waals surface area (Å²) in [5, 5.41) is 0. The fraction of sp³-hybridized carbons (Fsp3) is 0.263. The van der Waals surface area contributed by atoms with Crippen molar-refractivity contribution in [2.75, 3.05) is 6.61 Å². The normalized spacial score (nSPS) is 22.7. The maximum Gasteiger partial charge on any atom is 0.417 e. The number of hydrogen-bond acceptors (Lipinski definition) is 3. The Bertz CT molecular complexity index is 834. The molecule has 2 heterocycles. The molecule has 0 aromatic heterocycles. The number of amides is 2. The number of ether oxygens (including phenoxy) is 1. The molecule has 2 aliphatic rings. The number of carbonyl (C=O) groups is 2. The van der Waals surface area contributed by atoms with Crippen molar-refractivity contribution >= 4 is 27.9 Å². The van der Waals surface area contributed by atoms with Crippen LogP contribution >= 0.6 is 15.9 Å². The summed E-state index contributed by atoms with van der Waals surface area (Å²) in [6.07, 6.45) is -0.306. The maximum atomic E-state index is 12.7. The lowest BCUT2D eigenvalue weighted by atomic mass is 9.82. The Balaban J connectivity index is 1.97. The van der Waals surface area contributed by atoms with Gasteiger partial charge in [0.2, 0.25) is 5.91 Å². The molecular weight excluding hydrogens is 370 g/mol. The number of cyclic esters (lactones) is 1. The highest BCUT2D eigenvalue weighted by Crippen LogP contribution is 2.40. The summed E-state index contributed by atoms with van der Waals surface area (Å²) in [6, 6.07) is 13.8. The number of benzene rings is 2. The van der Waals surface area contributed by atoms with Crippen LogP contribution in [0.4, 0.5) is 4.79 Å². The molecule has 2 amide bonds. The van der Waals surface area contributed by atoms with Crippen LogP contribution in [0.1, 0.15) is 28.2 Å². The fourth-order valence-corrected chi connectivity index (χ4v) is 4.38. The summed E-state index contributed by atoms with van der Waals surface area (Å²) >= 11 is 3.57. The molecule has 1 fully saturated rings. The smallest absolute Gasteiger partial charge is 0.417 e. The Morgan fingerprint density at radius 1 is 1.17 bits per heavy atom. The molecule has 2 aliphatic heterocycles. The Morgan fingerprint density at radius 2 is 1.92 bits per heavy atom. The van der Waals surface area contributed by atoms with Gasteiger partial charge in [0.05, 0.1) is 12.5 Å². The van der Waals surface area contributed by atoms with Crippen LogP contribution in [0.5, 0.6) is 0 Å². The summed E-state index contributed by atoms with van der Waals surface area (Å²) in [6.45, 7) is 2.24. The molecule has 2 aromatic carbocycles. The predicted octanol–water partition coefficient (Wildman–Crippen LogP) is 3.79.